The van der Waals surface area contributed by atoms with Crippen LogP contribution in [0.3, 0.4) is 0 Å². The van der Waals surface area contributed by atoms with E-state index in [1.165, 1.54) is 0 Å². The highest BCUT2D eigenvalue weighted by Gasteiger charge is 2.20. The maximum Gasteiger partial charge on any atom is 0.329 e. The fourth-order valence-corrected chi connectivity index (χ4v) is 2.24. The number of hydrogen-bond acceptors (Lipinski definition) is 6. The SMILES string of the molecule is CC(C)CC(=O)COCC(=O)O.CC(C)N(C(=O)COCC(=O)O)C(C)C. The van der Waals surface area contributed by atoms with Crippen LogP contribution in [-0.4, -0.2) is 77.3 Å². The Morgan fingerprint density at radius 2 is 1.15 bits per heavy atom. The monoisotopic (exact) mass is 391 g/mol. The maximum absolute atomic E-state index is 11.6. The van der Waals surface area contributed by atoms with Gasteiger partial charge in [0.2, 0.25) is 5.91 Å². The molecular weight excluding hydrogens is 358 g/mol. The average Bonchev–Trinajstić information content (AvgIpc) is 2.45. The Bertz CT molecular complexity index is 466. The van der Waals surface area contributed by atoms with E-state index in [2.05, 4.69) is 4.74 Å². The van der Waals surface area contributed by atoms with Crippen LogP contribution in [0.1, 0.15) is 48.0 Å². The van der Waals surface area contributed by atoms with Gasteiger partial charge < -0.3 is 24.6 Å². The zero-order valence-electron chi connectivity index (χ0n) is 17.1. The molecule has 0 bridgehead atoms. The highest BCUT2D eigenvalue weighted by Crippen LogP contribution is 2.05. The van der Waals surface area contributed by atoms with Crippen LogP contribution < -0.4 is 0 Å². The molecule has 0 spiro atoms. The third kappa shape index (κ3) is 17.2. The fraction of sp³-hybridized carbons (Fsp3) is 0.778. The Morgan fingerprint density at radius 1 is 0.741 bits per heavy atom. The Balaban J connectivity index is 0. The van der Waals surface area contributed by atoms with Crippen LogP contribution in [-0.2, 0) is 28.7 Å². The highest BCUT2D eigenvalue weighted by molar-refractivity contribution is 5.80. The summed E-state index contributed by atoms with van der Waals surface area (Å²) >= 11 is 0. The molecule has 0 aliphatic rings. The molecule has 27 heavy (non-hydrogen) atoms. The van der Waals surface area contributed by atoms with Crippen molar-refractivity contribution < 1.29 is 38.9 Å². The van der Waals surface area contributed by atoms with Crippen molar-refractivity contribution in [2.75, 3.05) is 26.4 Å². The lowest BCUT2D eigenvalue weighted by molar-refractivity contribution is -0.147. The number of nitrogens with zero attached hydrogens (tertiary/aromatic N) is 1. The molecule has 0 aliphatic carbocycles. The van der Waals surface area contributed by atoms with E-state index in [4.69, 9.17) is 14.9 Å². The number of carbonyl (C=O) groups excluding carboxylic acids is 2. The quantitative estimate of drug-likeness (QED) is 0.511. The van der Waals surface area contributed by atoms with Crippen LogP contribution in [0.4, 0.5) is 0 Å². The van der Waals surface area contributed by atoms with Crippen LogP contribution in [0.25, 0.3) is 0 Å². The van der Waals surface area contributed by atoms with E-state index in [0.29, 0.717) is 12.3 Å². The van der Waals surface area contributed by atoms with Gasteiger partial charge in [-0.3, -0.25) is 9.59 Å². The summed E-state index contributed by atoms with van der Waals surface area (Å²) in [6, 6.07) is 0.178. The van der Waals surface area contributed by atoms with Crippen LogP contribution in [0, 0.1) is 5.92 Å². The van der Waals surface area contributed by atoms with Crippen molar-refractivity contribution in [3.8, 4) is 0 Å². The molecule has 0 heterocycles. The largest absolute Gasteiger partial charge is 0.480 e. The molecule has 0 fully saturated rings. The first kappa shape index (κ1) is 27.2. The summed E-state index contributed by atoms with van der Waals surface area (Å²) < 4.78 is 9.36. The fourth-order valence-electron chi connectivity index (χ4n) is 2.24. The zero-order valence-corrected chi connectivity index (χ0v) is 17.1. The van der Waals surface area contributed by atoms with Crippen molar-refractivity contribution in [2.45, 2.75) is 60.0 Å². The molecule has 0 rings (SSSR count). The molecule has 0 aromatic rings. The summed E-state index contributed by atoms with van der Waals surface area (Å²) in [5.74, 6) is -2.05. The number of ketones is 1. The van der Waals surface area contributed by atoms with Gasteiger partial charge in [0.05, 0.1) is 0 Å². The lowest BCUT2D eigenvalue weighted by atomic mass is 10.1. The van der Waals surface area contributed by atoms with Gasteiger partial charge in [0.25, 0.3) is 0 Å². The molecule has 0 radical (unpaired) electrons. The molecule has 0 unspecified atom stereocenters. The molecular formula is C18H33NO8. The standard InChI is InChI=1S/C10H19NO4.C8H14O4/c1-7(2)11(8(3)4)9(12)5-15-6-10(13)14;1-6(2)3-7(9)4-12-5-8(10)11/h7-8H,5-6H2,1-4H3,(H,13,14);6H,3-5H2,1-2H3,(H,10,11). The first-order valence-electron chi connectivity index (χ1n) is 8.80. The number of rotatable bonds is 12. The van der Waals surface area contributed by atoms with Crippen LogP contribution in [0.15, 0.2) is 0 Å². The second-order valence-electron chi connectivity index (χ2n) is 6.90. The molecule has 158 valence electrons. The third-order valence-corrected chi connectivity index (χ3v) is 2.98. The van der Waals surface area contributed by atoms with Gasteiger partial charge in [0.15, 0.2) is 5.78 Å². The molecule has 0 aromatic carbocycles. The summed E-state index contributed by atoms with van der Waals surface area (Å²) in [7, 11) is 0. The lowest BCUT2D eigenvalue weighted by Gasteiger charge is -2.30. The zero-order chi connectivity index (χ0) is 21.6. The molecule has 0 saturated carbocycles. The summed E-state index contributed by atoms with van der Waals surface area (Å²) in [5.41, 5.74) is 0. The minimum atomic E-state index is -1.07. The van der Waals surface area contributed by atoms with E-state index in [9.17, 15) is 19.2 Å². The number of aliphatic carboxylic acids is 2. The first-order chi connectivity index (χ1) is 12.4. The number of hydrogen-bond donors (Lipinski definition) is 2. The predicted molar refractivity (Wildman–Crippen MR) is 98.5 cm³/mol. The Kier molecular flexibility index (Phi) is 15.2. The number of carbonyl (C=O) groups is 4. The molecule has 0 aliphatic heterocycles. The Morgan fingerprint density at radius 3 is 1.48 bits per heavy atom. The molecule has 1 amide bonds. The van der Waals surface area contributed by atoms with Gasteiger partial charge in [-0.1, -0.05) is 13.8 Å². The smallest absolute Gasteiger partial charge is 0.329 e. The first-order valence-corrected chi connectivity index (χ1v) is 8.80. The van der Waals surface area contributed by atoms with E-state index >= 15 is 0 Å². The Hall–Kier alpha value is -2.00. The van der Waals surface area contributed by atoms with E-state index in [1.807, 2.05) is 41.5 Å². The Labute approximate surface area is 160 Å². The van der Waals surface area contributed by atoms with Gasteiger partial charge in [-0.25, -0.2) is 9.59 Å². The van der Waals surface area contributed by atoms with Gasteiger partial charge in [-0.15, -0.1) is 0 Å². The summed E-state index contributed by atoms with van der Waals surface area (Å²) in [6.45, 7) is 10.4. The number of amides is 1. The van der Waals surface area contributed by atoms with Gasteiger partial charge in [0.1, 0.15) is 26.4 Å². The van der Waals surface area contributed by atoms with Crippen molar-refractivity contribution in [1.82, 2.24) is 4.90 Å². The maximum atomic E-state index is 11.6. The molecule has 9 nitrogen and oxygen atoms in total. The van der Waals surface area contributed by atoms with Crippen molar-refractivity contribution >= 4 is 23.6 Å². The van der Waals surface area contributed by atoms with Gasteiger partial charge >= 0.3 is 11.9 Å². The van der Waals surface area contributed by atoms with Crippen molar-refractivity contribution in [2.24, 2.45) is 5.92 Å². The topological polar surface area (TPSA) is 130 Å². The van der Waals surface area contributed by atoms with Gasteiger partial charge in [-0.05, 0) is 33.6 Å². The number of Topliss-reactive ketones (excluding diaryl/α,β-unsaturated/α-hetero) is 1. The van der Waals surface area contributed by atoms with E-state index in [-0.39, 0.29) is 37.0 Å². The van der Waals surface area contributed by atoms with Crippen LogP contribution in [0.2, 0.25) is 0 Å². The third-order valence-electron chi connectivity index (χ3n) is 2.98. The summed E-state index contributed by atoms with van der Waals surface area (Å²) in [4.78, 5) is 44.3. The molecule has 0 atom stereocenters. The second kappa shape index (κ2) is 15.1. The van der Waals surface area contributed by atoms with E-state index in [0.717, 1.165) is 0 Å². The van der Waals surface area contributed by atoms with Crippen LogP contribution >= 0.6 is 0 Å². The van der Waals surface area contributed by atoms with Gasteiger partial charge in [0, 0.05) is 18.5 Å². The average molecular weight is 391 g/mol. The summed E-state index contributed by atoms with van der Waals surface area (Å²) in [5, 5.41) is 16.5. The normalized spacial score (nSPS) is 10.6. The summed E-state index contributed by atoms with van der Waals surface area (Å²) in [6.07, 6.45) is 0.444. The predicted octanol–water partition coefficient (Wildman–Crippen LogP) is 1.44. The molecule has 2 N–H and O–H groups in total. The van der Waals surface area contributed by atoms with Crippen molar-refractivity contribution in [1.29, 1.82) is 0 Å². The second-order valence-corrected chi connectivity index (χ2v) is 6.90. The van der Waals surface area contributed by atoms with Gasteiger partial charge in [-0.2, -0.15) is 0 Å². The van der Waals surface area contributed by atoms with Crippen molar-refractivity contribution in [3.63, 3.8) is 0 Å². The molecule has 0 aromatic heterocycles. The van der Waals surface area contributed by atoms with E-state index in [1.54, 1.807) is 4.90 Å². The number of carboxylic acids is 2. The van der Waals surface area contributed by atoms with E-state index < -0.39 is 25.2 Å². The minimum Gasteiger partial charge on any atom is -0.480 e. The van der Waals surface area contributed by atoms with Crippen LogP contribution in [0.5, 0.6) is 0 Å². The van der Waals surface area contributed by atoms with Crippen molar-refractivity contribution in [3.05, 3.63) is 0 Å². The number of ether oxygens (including phenoxy) is 2. The minimum absolute atomic E-state index is 0.0498. The molecule has 0 saturated heterocycles. The number of carboxylic acid groups (broad SMARTS) is 2. The molecule has 9 heteroatoms. The highest BCUT2D eigenvalue weighted by atomic mass is 16.5. The lowest BCUT2D eigenvalue weighted by Crippen LogP contribution is -2.44.